The summed E-state index contributed by atoms with van der Waals surface area (Å²) >= 11 is 0. The van der Waals surface area contributed by atoms with Crippen molar-refractivity contribution in [3.63, 3.8) is 0 Å². The third-order valence-electron chi connectivity index (χ3n) is 5.61. The number of aryl methyl sites for hydroxylation is 1. The quantitative estimate of drug-likeness (QED) is 0.753. The van der Waals surface area contributed by atoms with E-state index in [9.17, 15) is 4.79 Å². The zero-order chi connectivity index (χ0) is 19.0. The van der Waals surface area contributed by atoms with Crippen LogP contribution < -0.4 is 14.2 Å². The molecule has 2 heterocycles. The highest BCUT2D eigenvalue weighted by molar-refractivity contribution is 5.96. The Morgan fingerprint density at radius 1 is 1.26 bits per heavy atom. The minimum Gasteiger partial charge on any atom is -0.492 e. The second-order valence-electron chi connectivity index (χ2n) is 7.14. The van der Waals surface area contributed by atoms with Crippen LogP contribution in [0.4, 0.5) is 0 Å². The van der Waals surface area contributed by atoms with Crippen LogP contribution in [0.15, 0.2) is 30.3 Å². The fraction of sp³-hybridized carbons (Fsp3) is 0.409. The fourth-order valence-corrected chi connectivity index (χ4v) is 4.00. The van der Waals surface area contributed by atoms with Crippen LogP contribution >= 0.6 is 0 Å². The van der Waals surface area contributed by atoms with Crippen molar-refractivity contribution in [2.75, 3.05) is 27.5 Å². The molecule has 0 amide bonds. The first kappa shape index (κ1) is 17.9. The lowest BCUT2D eigenvalue weighted by Gasteiger charge is -2.35. The number of ether oxygens (including phenoxy) is 3. The Hall–Kier alpha value is -2.53. The Morgan fingerprint density at radius 2 is 2.04 bits per heavy atom. The maximum atomic E-state index is 13.0. The number of ketones is 1. The monoisotopic (exact) mass is 367 g/mol. The molecular formula is C22H25NO4. The number of likely N-dealkylation sites (N-methyl/N-ethyl adjacent to an activating group) is 1. The summed E-state index contributed by atoms with van der Waals surface area (Å²) in [6.07, 6.45) is 2.28. The predicted octanol–water partition coefficient (Wildman–Crippen LogP) is 3.79. The van der Waals surface area contributed by atoms with Crippen LogP contribution in [0.3, 0.4) is 0 Å². The number of rotatable bonds is 5. The van der Waals surface area contributed by atoms with Crippen LogP contribution in [0, 0.1) is 0 Å². The van der Waals surface area contributed by atoms with Crippen molar-refractivity contribution in [1.29, 1.82) is 0 Å². The average molecular weight is 367 g/mol. The topological polar surface area (TPSA) is 48.0 Å². The molecule has 0 aromatic heterocycles. The van der Waals surface area contributed by atoms with Crippen LogP contribution in [0.5, 0.6) is 17.2 Å². The minimum atomic E-state index is -0.0449. The van der Waals surface area contributed by atoms with Gasteiger partial charge in [0.05, 0.1) is 7.11 Å². The molecule has 0 saturated heterocycles. The summed E-state index contributed by atoms with van der Waals surface area (Å²) in [5, 5.41) is 0. The van der Waals surface area contributed by atoms with E-state index in [4.69, 9.17) is 14.2 Å². The van der Waals surface area contributed by atoms with Gasteiger partial charge >= 0.3 is 0 Å². The van der Waals surface area contributed by atoms with Gasteiger partial charge in [0, 0.05) is 30.1 Å². The molecule has 2 aromatic rings. The van der Waals surface area contributed by atoms with Crippen molar-refractivity contribution in [2.45, 2.75) is 32.2 Å². The first-order chi connectivity index (χ1) is 13.1. The molecule has 2 aliphatic heterocycles. The molecule has 27 heavy (non-hydrogen) atoms. The standard InChI is InChI=1S/C22H25NO4/c1-4-14-5-7-15(8-6-14)18(24)12-17-20-16(9-10-23(17)2)11-19-21(22(20)25-3)27-13-26-19/h5-8,11,17H,4,9-10,12-13H2,1-3H3. The maximum Gasteiger partial charge on any atom is 0.231 e. The molecule has 0 saturated carbocycles. The number of benzene rings is 2. The van der Waals surface area contributed by atoms with E-state index < -0.39 is 0 Å². The average Bonchev–Trinajstić information content (AvgIpc) is 3.16. The lowest BCUT2D eigenvalue weighted by atomic mass is 9.87. The molecule has 0 spiro atoms. The molecule has 0 radical (unpaired) electrons. The van der Waals surface area contributed by atoms with E-state index in [1.54, 1.807) is 7.11 Å². The molecule has 0 N–H and O–H groups in total. The Kier molecular flexibility index (Phi) is 4.79. The molecule has 1 atom stereocenters. The molecule has 142 valence electrons. The summed E-state index contributed by atoms with van der Waals surface area (Å²) in [7, 11) is 3.71. The highest BCUT2D eigenvalue weighted by atomic mass is 16.7. The first-order valence-corrected chi connectivity index (χ1v) is 9.44. The smallest absolute Gasteiger partial charge is 0.231 e. The van der Waals surface area contributed by atoms with Gasteiger partial charge in [-0.2, -0.15) is 0 Å². The summed E-state index contributed by atoms with van der Waals surface area (Å²) in [5.41, 5.74) is 4.22. The Labute approximate surface area is 159 Å². The van der Waals surface area contributed by atoms with Gasteiger partial charge < -0.3 is 14.2 Å². The maximum absolute atomic E-state index is 13.0. The number of nitrogens with zero attached hydrogens (tertiary/aromatic N) is 1. The normalized spacial score (nSPS) is 18.3. The molecule has 5 nitrogen and oxygen atoms in total. The fourth-order valence-electron chi connectivity index (χ4n) is 4.00. The first-order valence-electron chi connectivity index (χ1n) is 9.44. The van der Waals surface area contributed by atoms with E-state index in [2.05, 4.69) is 18.9 Å². The van der Waals surface area contributed by atoms with Gasteiger partial charge in [-0.1, -0.05) is 31.2 Å². The molecular weight excluding hydrogens is 342 g/mol. The lowest BCUT2D eigenvalue weighted by Crippen LogP contribution is -2.34. The van der Waals surface area contributed by atoms with Crippen molar-refractivity contribution < 1.29 is 19.0 Å². The summed E-state index contributed by atoms with van der Waals surface area (Å²) in [6.45, 7) is 3.21. The van der Waals surface area contributed by atoms with Gasteiger partial charge in [-0.25, -0.2) is 0 Å². The number of Topliss-reactive ketones (excluding diaryl/α,β-unsaturated/α-hetero) is 1. The zero-order valence-corrected chi connectivity index (χ0v) is 16.1. The van der Waals surface area contributed by atoms with Crippen molar-refractivity contribution in [1.82, 2.24) is 4.90 Å². The summed E-state index contributed by atoms with van der Waals surface area (Å²) in [6, 6.07) is 9.93. The van der Waals surface area contributed by atoms with Crippen LogP contribution in [-0.4, -0.2) is 38.2 Å². The third kappa shape index (κ3) is 3.16. The van der Waals surface area contributed by atoms with Crippen LogP contribution in [0.2, 0.25) is 0 Å². The van der Waals surface area contributed by atoms with Gasteiger partial charge in [-0.15, -0.1) is 0 Å². The Bertz CT molecular complexity index is 860. The predicted molar refractivity (Wildman–Crippen MR) is 103 cm³/mol. The highest BCUT2D eigenvalue weighted by Crippen LogP contribution is 2.50. The number of hydrogen-bond donors (Lipinski definition) is 0. The van der Waals surface area contributed by atoms with Crippen molar-refractivity contribution in [3.05, 3.63) is 52.6 Å². The summed E-state index contributed by atoms with van der Waals surface area (Å²) in [4.78, 5) is 15.2. The zero-order valence-electron chi connectivity index (χ0n) is 16.1. The molecule has 2 aromatic carbocycles. The van der Waals surface area contributed by atoms with Gasteiger partial charge in [0.15, 0.2) is 17.3 Å². The summed E-state index contributed by atoms with van der Waals surface area (Å²) in [5.74, 6) is 2.22. The van der Waals surface area contributed by atoms with Crippen LogP contribution in [0.25, 0.3) is 0 Å². The van der Waals surface area contributed by atoms with E-state index in [-0.39, 0.29) is 18.6 Å². The van der Waals surface area contributed by atoms with Crippen molar-refractivity contribution in [3.8, 4) is 17.2 Å². The van der Waals surface area contributed by atoms with Gasteiger partial charge in [0.25, 0.3) is 0 Å². The second kappa shape index (κ2) is 7.24. The van der Waals surface area contributed by atoms with Gasteiger partial charge in [0.1, 0.15) is 0 Å². The minimum absolute atomic E-state index is 0.0449. The number of carbonyl (C=O) groups is 1. The molecule has 0 bridgehead atoms. The van der Waals surface area contributed by atoms with E-state index in [1.165, 1.54) is 11.1 Å². The van der Waals surface area contributed by atoms with E-state index in [1.807, 2.05) is 30.3 Å². The second-order valence-corrected chi connectivity index (χ2v) is 7.14. The molecule has 1 unspecified atom stereocenters. The lowest BCUT2D eigenvalue weighted by molar-refractivity contribution is 0.0925. The largest absolute Gasteiger partial charge is 0.492 e. The number of carbonyl (C=O) groups excluding carboxylic acids is 1. The molecule has 0 fully saturated rings. The van der Waals surface area contributed by atoms with E-state index in [0.29, 0.717) is 17.9 Å². The number of hydrogen-bond acceptors (Lipinski definition) is 5. The summed E-state index contributed by atoms with van der Waals surface area (Å²) < 4.78 is 16.9. The van der Waals surface area contributed by atoms with Gasteiger partial charge in [0.2, 0.25) is 12.5 Å². The van der Waals surface area contributed by atoms with Gasteiger partial charge in [-0.05, 0) is 37.1 Å². The third-order valence-corrected chi connectivity index (χ3v) is 5.61. The Morgan fingerprint density at radius 3 is 2.74 bits per heavy atom. The molecule has 0 aliphatic carbocycles. The Balaban J connectivity index is 1.68. The van der Waals surface area contributed by atoms with Crippen molar-refractivity contribution in [2.24, 2.45) is 0 Å². The SMILES string of the molecule is CCc1ccc(C(=O)CC2c3c(cc4c(c3OC)OCO4)CCN2C)cc1. The van der Waals surface area contributed by atoms with E-state index >= 15 is 0 Å². The van der Waals surface area contributed by atoms with Gasteiger partial charge in [-0.3, -0.25) is 9.69 Å². The highest BCUT2D eigenvalue weighted by Gasteiger charge is 2.35. The number of methoxy groups -OCH3 is 1. The van der Waals surface area contributed by atoms with E-state index in [0.717, 1.165) is 36.3 Å². The van der Waals surface area contributed by atoms with Crippen LogP contribution in [0.1, 0.15) is 46.4 Å². The van der Waals surface area contributed by atoms with Crippen molar-refractivity contribution >= 4 is 5.78 Å². The molecule has 4 rings (SSSR count). The molecule has 5 heteroatoms. The van der Waals surface area contributed by atoms with Crippen LogP contribution in [-0.2, 0) is 12.8 Å². The number of fused-ring (bicyclic) bond motifs is 2. The molecule has 2 aliphatic rings.